The highest BCUT2D eigenvalue weighted by Crippen LogP contribution is 2.30. The molecule has 0 saturated carbocycles. The van der Waals surface area contributed by atoms with Gasteiger partial charge >= 0.3 is 0 Å². The molecule has 0 aromatic heterocycles. The summed E-state index contributed by atoms with van der Waals surface area (Å²) in [6.07, 6.45) is -10.1. The molecule has 0 aliphatic carbocycles. The minimum atomic E-state index is -1.41. The maximum atomic E-state index is 10.2. The number of hydrogen-bond acceptors (Lipinski definition) is 9. The standard InChI is InChI=1S/C14H26O9/c1-5-7(3-15)22-14(12(20)9(5)17)23-13-8(4-16)21-6(2)10(18)11(13)19/h5-20H,3-4H2,1-2H3/t5-,6+,7?,8?,9+,10?,11-,12?,13-,14+/m1/s1. The van der Waals surface area contributed by atoms with E-state index in [9.17, 15) is 30.6 Å². The van der Waals surface area contributed by atoms with Gasteiger partial charge in [-0.2, -0.15) is 0 Å². The smallest absolute Gasteiger partial charge is 0.187 e. The summed E-state index contributed by atoms with van der Waals surface area (Å²) in [6, 6.07) is 0. The first kappa shape index (κ1) is 19.0. The van der Waals surface area contributed by atoms with Crippen molar-refractivity contribution < 1.29 is 44.8 Å². The molecule has 136 valence electrons. The first-order chi connectivity index (χ1) is 10.8. The van der Waals surface area contributed by atoms with E-state index >= 15 is 0 Å². The molecule has 2 aliphatic heterocycles. The summed E-state index contributed by atoms with van der Waals surface area (Å²) in [5.74, 6) is -0.512. The minimum absolute atomic E-state index is 0.377. The Labute approximate surface area is 134 Å². The van der Waals surface area contributed by atoms with Crippen molar-refractivity contribution in [2.45, 2.75) is 69.0 Å². The van der Waals surface area contributed by atoms with E-state index in [4.69, 9.17) is 14.2 Å². The van der Waals surface area contributed by atoms with Gasteiger partial charge in [-0.1, -0.05) is 6.92 Å². The van der Waals surface area contributed by atoms with Gasteiger partial charge in [0.1, 0.15) is 30.5 Å². The van der Waals surface area contributed by atoms with Crippen LogP contribution in [0.4, 0.5) is 0 Å². The second-order valence-electron chi connectivity index (χ2n) is 6.21. The SMILES string of the molecule is C[C@@H]1OC(CO)[C@@H](O[C@@H]2OC(CO)[C@@H](C)[C@H](O)C2O)[C@H](O)C1O. The average molecular weight is 338 g/mol. The maximum Gasteiger partial charge on any atom is 0.187 e. The van der Waals surface area contributed by atoms with Crippen LogP contribution in [-0.2, 0) is 14.2 Å². The van der Waals surface area contributed by atoms with Crippen molar-refractivity contribution in [1.82, 2.24) is 0 Å². The third-order valence-electron chi connectivity index (χ3n) is 4.64. The molecule has 0 spiro atoms. The molecule has 2 heterocycles. The Kier molecular flexibility index (Phi) is 6.34. The number of ether oxygens (including phenoxy) is 3. The first-order valence-corrected chi connectivity index (χ1v) is 7.72. The van der Waals surface area contributed by atoms with Gasteiger partial charge in [0.05, 0.1) is 31.5 Å². The lowest BCUT2D eigenvalue weighted by Crippen LogP contribution is -2.62. The molecule has 9 heteroatoms. The van der Waals surface area contributed by atoms with Crippen molar-refractivity contribution in [3.05, 3.63) is 0 Å². The predicted octanol–water partition coefficient (Wildman–Crippen LogP) is -3.05. The zero-order valence-corrected chi connectivity index (χ0v) is 13.1. The highest BCUT2D eigenvalue weighted by atomic mass is 16.7. The van der Waals surface area contributed by atoms with Crippen LogP contribution in [0.1, 0.15) is 13.8 Å². The van der Waals surface area contributed by atoms with Crippen LogP contribution in [0, 0.1) is 5.92 Å². The maximum absolute atomic E-state index is 10.2. The minimum Gasteiger partial charge on any atom is -0.394 e. The highest BCUT2D eigenvalue weighted by molar-refractivity contribution is 4.93. The van der Waals surface area contributed by atoms with Crippen molar-refractivity contribution in [2.24, 2.45) is 5.92 Å². The van der Waals surface area contributed by atoms with Crippen LogP contribution < -0.4 is 0 Å². The molecular weight excluding hydrogens is 312 g/mol. The third-order valence-corrected chi connectivity index (χ3v) is 4.64. The number of rotatable bonds is 4. The Bertz CT molecular complexity index is 377. The molecule has 0 amide bonds. The van der Waals surface area contributed by atoms with Crippen molar-refractivity contribution in [3.63, 3.8) is 0 Å². The molecule has 0 radical (unpaired) electrons. The Morgan fingerprint density at radius 1 is 0.783 bits per heavy atom. The van der Waals surface area contributed by atoms with Gasteiger partial charge in [-0.05, 0) is 6.92 Å². The molecule has 6 N–H and O–H groups in total. The van der Waals surface area contributed by atoms with E-state index < -0.39 is 67.6 Å². The normalized spacial score (nSPS) is 51.7. The van der Waals surface area contributed by atoms with E-state index in [1.54, 1.807) is 13.8 Å². The van der Waals surface area contributed by atoms with Crippen LogP contribution in [0.5, 0.6) is 0 Å². The van der Waals surface area contributed by atoms with E-state index in [1.165, 1.54) is 0 Å². The molecule has 23 heavy (non-hydrogen) atoms. The fraction of sp³-hybridized carbons (Fsp3) is 1.00. The molecule has 4 unspecified atom stereocenters. The van der Waals surface area contributed by atoms with Gasteiger partial charge in [0.25, 0.3) is 0 Å². The van der Waals surface area contributed by atoms with Crippen LogP contribution in [-0.4, -0.2) is 99.0 Å². The van der Waals surface area contributed by atoms with Crippen LogP contribution in [0.25, 0.3) is 0 Å². The van der Waals surface area contributed by atoms with E-state index in [1.807, 2.05) is 0 Å². The lowest BCUT2D eigenvalue weighted by Gasteiger charge is -2.46. The molecular formula is C14H26O9. The summed E-state index contributed by atoms with van der Waals surface area (Å²) in [6.45, 7) is 2.32. The topological polar surface area (TPSA) is 149 Å². The van der Waals surface area contributed by atoms with Crippen molar-refractivity contribution in [3.8, 4) is 0 Å². The van der Waals surface area contributed by atoms with Gasteiger partial charge in [0, 0.05) is 5.92 Å². The summed E-state index contributed by atoms with van der Waals surface area (Å²) in [5.41, 5.74) is 0. The Morgan fingerprint density at radius 3 is 1.96 bits per heavy atom. The summed E-state index contributed by atoms with van der Waals surface area (Å²) >= 11 is 0. The quantitative estimate of drug-likeness (QED) is 0.314. The summed E-state index contributed by atoms with van der Waals surface area (Å²) in [5, 5.41) is 58.8. The van der Waals surface area contributed by atoms with Crippen LogP contribution in [0.2, 0.25) is 0 Å². The van der Waals surface area contributed by atoms with E-state index in [0.29, 0.717) is 0 Å². The monoisotopic (exact) mass is 338 g/mol. The van der Waals surface area contributed by atoms with Crippen molar-refractivity contribution in [2.75, 3.05) is 13.2 Å². The second kappa shape index (κ2) is 7.68. The van der Waals surface area contributed by atoms with Gasteiger partial charge in [0.2, 0.25) is 0 Å². The number of aliphatic hydroxyl groups excluding tert-OH is 6. The van der Waals surface area contributed by atoms with Crippen molar-refractivity contribution in [1.29, 1.82) is 0 Å². The fourth-order valence-corrected chi connectivity index (χ4v) is 2.99. The fourth-order valence-electron chi connectivity index (χ4n) is 2.99. The molecule has 0 aromatic rings. The Morgan fingerprint density at radius 2 is 1.39 bits per heavy atom. The predicted molar refractivity (Wildman–Crippen MR) is 75.2 cm³/mol. The lowest BCUT2D eigenvalue weighted by atomic mass is 9.90. The van der Waals surface area contributed by atoms with Crippen LogP contribution >= 0.6 is 0 Å². The zero-order chi connectivity index (χ0) is 17.3. The molecule has 10 atom stereocenters. The molecule has 2 aliphatic rings. The Balaban J connectivity index is 2.11. The second-order valence-corrected chi connectivity index (χ2v) is 6.21. The van der Waals surface area contributed by atoms with E-state index in [0.717, 1.165) is 0 Å². The van der Waals surface area contributed by atoms with Gasteiger partial charge in [-0.3, -0.25) is 0 Å². The molecule has 9 nitrogen and oxygen atoms in total. The largest absolute Gasteiger partial charge is 0.394 e. The van der Waals surface area contributed by atoms with Gasteiger partial charge in [0.15, 0.2) is 6.29 Å². The van der Waals surface area contributed by atoms with E-state index in [2.05, 4.69) is 0 Å². The summed E-state index contributed by atoms with van der Waals surface area (Å²) in [7, 11) is 0. The molecule has 2 saturated heterocycles. The molecule has 0 aromatic carbocycles. The molecule has 2 rings (SSSR count). The highest BCUT2D eigenvalue weighted by Gasteiger charge is 2.48. The average Bonchev–Trinajstić information content (AvgIpc) is 2.55. The summed E-state index contributed by atoms with van der Waals surface area (Å²) in [4.78, 5) is 0. The molecule has 0 bridgehead atoms. The van der Waals surface area contributed by atoms with Gasteiger partial charge in [-0.25, -0.2) is 0 Å². The van der Waals surface area contributed by atoms with Gasteiger partial charge < -0.3 is 44.8 Å². The van der Waals surface area contributed by atoms with Crippen molar-refractivity contribution >= 4 is 0 Å². The summed E-state index contributed by atoms with van der Waals surface area (Å²) < 4.78 is 16.3. The van der Waals surface area contributed by atoms with Crippen LogP contribution in [0.3, 0.4) is 0 Å². The third kappa shape index (κ3) is 3.68. The number of aliphatic hydroxyl groups is 6. The van der Waals surface area contributed by atoms with E-state index in [-0.39, 0.29) is 6.61 Å². The molecule has 2 fully saturated rings. The lowest BCUT2D eigenvalue weighted by molar-refractivity contribution is -0.334. The van der Waals surface area contributed by atoms with Gasteiger partial charge in [-0.15, -0.1) is 0 Å². The van der Waals surface area contributed by atoms with Crippen LogP contribution in [0.15, 0.2) is 0 Å². The Hall–Kier alpha value is -0.360. The first-order valence-electron chi connectivity index (χ1n) is 7.72. The number of hydrogen-bond donors (Lipinski definition) is 6. The zero-order valence-electron chi connectivity index (χ0n) is 13.1.